The number of esters is 1. The molecule has 0 saturated heterocycles. The molecule has 2 aromatic carbocycles. The topological polar surface area (TPSA) is 75.7 Å². The molecule has 1 N–H and O–H groups in total. The van der Waals surface area contributed by atoms with Crippen molar-refractivity contribution < 1.29 is 19.1 Å². The van der Waals surface area contributed by atoms with Gasteiger partial charge in [0.05, 0.1) is 6.42 Å². The van der Waals surface area contributed by atoms with Crippen molar-refractivity contribution in [2.45, 2.75) is 20.3 Å². The first-order valence-electron chi connectivity index (χ1n) is 8.86. The third-order valence-electron chi connectivity index (χ3n) is 3.96. The molecule has 6 heteroatoms. The summed E-state index contributed by atoms with van der Waals surface area (Å²) in [5.74, 6) is -0.781. The van der Waals surface area contributed by atoms with E-state index < -0.39 is 5.97 Å². The molecule has 0 bridgehead atoms. The third kappa shape index (κ3) is 6.58. The fourth-order valence-electron chi connectivity index (χ4n) is 2.61. The van der Waals surface area contributed by atoms with E-state index in [1.54, 1.807) is 24.3 Å². The number of nitrogens with one attached hydrogen (secondary N) is 1. The highest BCUT2D eigenvalue weighted by Crippen LogP contribution is 2.19. The third-order valence-corrected chi connectivity index (χ3v) is 3.96. The van der Waals surface area contributed by atoms with Gasteiger partial charge in [0.15, 0.2) is 12.4 Å². The van der Waals surface area contributed by atoms with E-state index in [0.717, 1.165) is 5.69 Å². The molecule has 6 nitrogen and oxygen atoms in total. The second-order valence-electron chi connectivity index (χ2n) is 6.01. The van der Waals surface area contributed by atoms with E-state index in [1.165, 1.54) is 6.92 Å². The molecule has 1 amide bonds. The van der Waals surface area contributed by atoms with Gasteiger partial charge in [0.1, 0.15) is 0 Å². The fourth-order valence-corrected chi connectivity index (χ4v) is 2.61. The van der Waals surface area contributed by atoms with Crippen LogP contribution in [0.2, 0.25) is 0 Å². The second kappa shape index (κ2) is 10.1. The summed E-state index contributed by atoms with van der Waals surface area (Å²) < 4.78 is 5.09. The molecule has 0 aliphatic rings. The highest BCUT2D eigenvalue weighted by atomic mass is 16.5. The van der Waals surface area contributed by atoms with E-state index in [2.05, 4.69) is 5.32 Å². The van der Waals surface area contributed by atoms with Crippen LogP contribution in [-0.4, -0.2) is 37.4 Å². The molecule has 0 atom stereocenters. The van der Waals surface area contributed by atoms with Crippen LogP contribution in [0.5, 0.6) is 0 Å². The molecule has 142 valence electrons. The SMILES string of the molecule is CCN(CCC(=O)OCC(=O)c1ccccc1)c1cccc(NC(C)=O)c1. The largest absolute Gasteiger partial charge is 0.457 e. The summed E-state index contributed by atoms with van der Waals surface area (Å²) in [6, 6.07) is 16.2. The number of carbonyl (C=O) groups excluding carboxylic acids is 3. The lowest BCUT2D eigenvalue weighted by Gasteiger charge is -2.23. The first-order chi connectivity index (χ1) is 13.0. The predicted octanol–water partition coefficient (Wildman–Crippen LogP) is 3.29. The zero-order valence-corrected chi connectivity index (χ0v) is 15.6. The smallest absolute Gasteiger partial charge is 0.308 e. The van der Waals surface area contributed by atoms with Gasteiger partial charge in [-0.1, -0.05) is 36.4 Å². The molecule has 0 spiro atoms. The number of ketones is 1. The van der Waals surface area contributed by atoms with Crippen LogP contribution < -0.4 is 10.2 Å². The van der Waals surface area contributed by atoms with Crippen molar-refractivity contribution in [3.8, 4) is 0 Å². The van der Waals surface area contributed by atoms with E-state index in [-0.39, 0.29) is 24.7 Å². The van der Waals surface area contributed by atoms with Crippen molar-refractivity contribution in [3.63, 3.8) is 0 Å². The van der Waals surface area contributed by atoms with E-state index in [1.807, 2.05) is 42.2 Å². The first kappa shape index (κ1) is 20.2. The Bertz CT molecular complexity index is 790. The minimum atomic E-state index is -0.421. The van der Waals surface area contributed by atoms with Crippen molar-refractivity contribution in [1.82, 2.24) is 0 Å². The van der Waals surface area contributed by atoms with E-state index in [0.29, 0.717) is 24.3 Å². The summed E-state index contributed by atoms with van der Waals surface area (Å²) in [5.41, 5.74) is 2.13. The fraction of sp³-hybridized carbons (Fsp3) is 0.286. The second-order valence-corrected chi connectivity index (χ2v) is 6.01. The van der Waals surface area contributed by atoms with Gasteiger partial charge in [0.2, 0.25) is 5.91 Å². The summed E-state index contributed by atoms with van der Waals surface area (Å²) in [6.07, 6.45) is 0.167. The Labute approximate surface area is 159 Å². The van der Waals surface area contributed by atoms with Gasteiger partial charge in [-0.15, -0.1) is 0 Å². The molecular weight excluding hydrogens is 344 g/mol. The molecular formula is C21H24N2O4. The molecule has 2 rings (SSSR count). The quantitative estimate of drug-likeness (QED) is 0.543. The molecule has 0 aromatic heterocycles. The molecule has 0 unspecified atom stereocenters. The lowest BCUT2D eigenvalue weighted by atomic mass is 10.1. The lowest BCUT2D eigenvalue weighted by molar-refractivity contribution is -0.142. The van der Waals surface area contributed by atoms with Gasteiger partial charge in [-0.3, -0.25) is 14.4 Å². The average molecular weight is 368 g/mol. The summed E-state index contributed by atoms with van der Waals surface area (Å²) in [5, 5.41) is 2.74. The maximum absolute atomic E-state index is 12.0. The molecule has 27 heavy (non-hydrogen) atoms. The maximum Gasteiger partial charge on any atom is 0.308 e. The molecule has 0 aliphatic carbocycles. The normalized spacial score (nSPS) is 10.1. The van der Waals surface area contributed by atoms with Gasteiger partial charge in [-0.2, -0.15) is 0 Å². The number of amides is 1. The van der Waals surface area contributed by atoms with Crippen molar-refractivity contribution in [2.24, 2.45) is 0 Å². The highest BCUT2D eigenvalue weighted by Gasteiger charge is 2.12. The molecule has 0 radical (unpaired) electrons. The Hall–Kier alpha value is -3.15. The minimum Gasteiger partial charge on any atom is -0.457 e. The van der Waals surface area contributed by atoms with Crippen LogP contribution in [-0.2, 0) is 14.3 Å². The number of ether oxygens (including phenoxy) is 1. The average Bonchev–Trinajstić information content (AvgIpc) is 2.67. The van der Waals surface area contributed by atoms with Crippen LogP contribution in [0, 0.1) is 0 Å². The van der Waals surface area contributed by atoms with Gasteiger partial charge < -0.3 is 15.0 Å². The minimum absolute atomic E-state index is 0.137. The molecule has 0 heterocycles. The van der Waals surface area contributed by atoms with E-state index in [4.69, 9.17) is 4.74 Å². The maximum atomic E-state index is 12.0. The summed E-state index contributed by atoms with van der Waals surface area (Å²) in [7, 11) is 0. The summed E-state index contributed by atoms with van der Waals surface area (Å²) in [6.45, 7) is 4.33. The van der Waals surface area contributed by atoms with Gasteiger partial charge in [0.25, 0.3) is 0 Å². The Balaban J connectivity index is 1.85. The number of hydrogen-bond acceptors (Lipinski definition) is 5. The van der Waals surface area contributed by atoms with Gasteiger partial charge >= 0.3 is 5.97 Å². The molecule has 0 fully saturated rings. The van der Waals surface area contributed by atoms with Crippen molar-refractivity contribution in [2.75, 3.05) is 29.9 Å². The van der Waals surface area contributed by atoms with Crippen LogP contribution in [0.1, 0.15) is 30.6 Å². The van der Waals surface area contributed by atoms with E-state index >= 15 is 0 Å². The monoisotopic (exact) mass is 368 g/mol. The zero-order chi connectivity index (χ0) is 19.6. The number of nitrogens with zero attached hydrogens (tertiary/aromatic N) is 1. The number of rotatable bonds is 9. The van der Waals surface area contributed by atoms with Crippen LogP contribution in [0.4, 0.5) is 11.4 Å². The standard InChI is InChI=1S/C21H24N2O4/c1-3-23(19-11-7-10-18(14-19)22-16(2)24)13-12-21(26)27-15-20(25)17-8-5-4-6-9-17/h4-11,14H,3,12-13,15H2,1-2H3,(H,22,24). The summed E-state index contributed by atoms with van der Waals surface area (Å²) in [4.78, 5) is 37.2. The van der Waals surface area contributed by atoms with Crippen LogP contribution in [0.25, 0.3) is 0 Å². The Morgan fingerprint density at radius 3 is 2.44 bits per heavy atom. The summed E-state index contributed by atoms with van der Waals surface area (Å²) >= 11 is 0. The van der Waals surface area contributed by atoms with Crippen molar-refractivity contribution >= 4 is 29.0 Å². The van der Waals surface area contributed by atoms with Gasteiger partial charge in [0, 0.05) is 37.0 Å². The first-order valence-corrected chi connectivity index (χ1v) is 8.86. The number of anilines is 2. The zero-order valence-electron chi connectivity index (χ0n) is 15.6. The van der Waals surface area contributed by atoms with E-state index in [9.17, 15) is 14.4 Å². The Kier molecular flexibility index (Phi) is 7.55. The van der Waals surface area contributed by atoms with Gasteiger partial charge in [-0.05, 0) is 25.1 Å². The Morgan fingerprint density at radius 2 is 1.78 bits per heavy atom. The number of carbonyl (C=O) groups is 3. The van der Waals surface area contributed by atoms with Gasteiger partial charge in [-0.25, -0.2) is 0 Å². The van der Waals surface area contributed by atoms with Crippen LogP contribution in [0.3, 0.4) is 0 Å². The van der Waals surface area contributed by atoms with Crippen molar-refractivity contribution in [3.05, 3.63) is 60.2 Å². The predicted molar refractivity (Wildman–Crippen MR) is 105 cm³/mol. The molecule has 0 aliphatic heterocycles. The lowest BCUT2D eigenvalue weighted by Crippen LogP contribution is -2.27. The highest BCUT2D eigenvalue weighted by molar-refractivity contribution is 5.97. The number of Topliss-reactive ketones (excluding diaryl/α,β-unsaturated/α-hetero) is 1. The van der Waals surface area contributed by atoms with Crippen molar-refractivity contribution in [1.29, 1.82) is 0 Å². The van der Waals surface area contributed by atoms with Crippen LogP contribution >= 0.6 is 0 Å². The number of hydrogen-bond donors (Lipinski definition) is 1. The molecule has 0 saturated carbocycles. The Morgan fingerprint density at radius 1 is 1.04 bits per heavy atom. The number of benzene rings is 2. The molecule has 2 aromatic rings. The van der Waals surface area contributed by atoms with Crippen LogP contribution in [0.15, 0.2) is 54.6 Å².